The topological polar surface area (TPSA) is 72.2 Å². The molecule has 1 aromatic carbocycles. The number of rotatable bonds is 9. The van der Waals surface area contributed by atoms with Crippen LogP contribution in [0.3, 0.4) is 0 Å². The molecule has 0 unspecified atom stereocenters. The van der Waals surface area contributed by atoms with E-state index < -0.39 is 10.0 Å². The zero-order chi connectivity index (χ0) is 15.9. The summed E-state index contributed by atoms with van der Waals surface area (Å²) < 4.78 is 27.4. The van der Waals surface area contributed by atoms with Crippen molar-refractivity contribution in [2.45, 2.75) is 44.4 Å². The largest absolute Gasteiger partial charge is 0.399 e. The van der Waals surface area contributed by atoms with Gasteiger partial charge in [-0.05, 0) is 62.0 Å². The second-order valence-electron chi connectivity index (χ2n) is 5.29. The van der Waals surface area contributed by atoms with Crippen LogP contribution in [0.5, 0.6) is 0 Å². The molecule has 0 aromatic heterocycles. The Labute approximate surface area is 132 Å². The molecule has 3 N–H and O–H groups in total. The van der Waals surface area contributed by atoms with Crippen molar-refractivity contribution in [3.8, 4) is 0 Å². The lowest BCUT2D eigenvalue weighted by atomic mass is 10.1. The smallest absolute Gasteiger partial charge is 0.241 e. The average Bonchev–Trinajstić information content (AvgIpc) is 2.35. The van der Waals surface area contributed by atoms with Crippen LogP contribution >= 0.6 is 11.8 Å². The molecule has 0 spiro atoms. The predicted octanol–water partition coefficient (Wildman–Crippen LogP) is 3.09. The van der Waals surface area contributed by atoms with E-state index >= 15 is 0 Å². The van der Waals surface area contributed by atoms with Gasteiger partial charge in [-0.3, -0.25) is 0 Å². The second-order valence-corrected chi connectivity index (χ2v) is 7.98. The molecule has 0 saturated carbocycles. The molecule has 0 bridgehead atoms. The van der Waals surface area contributed by atoms with Crippen molar-refractivity contribution >= 4 is 27.5 Å². The average molecular weight is 331 g/mol. The van der Waals surface area contributed by atoms with E-state index in [2.05, 4.69) is 11.0 Å². The molecule has 0 amide bonds. The minimum atomic E-state index is -3.45. The maximum Gasteiger partial charge on any atom is 0.241 e. The molecule has 0 fully saturated rings. The first kappa shape index (κ1) is 18.3. The van der Waals surface area contributed by atoms with E-state index in [-0.39, 0.29) is 0 Å². The summed E-state index contributed by atoms with van der Waals surface area (Å²) >= 11 is 1.85. The van der Waals surface area contributed by atoms with Crippen molar-refractivity contribution < 1.29 is 8.42 Å². The third-order valence-electron chi connectivity index (χ3n) is 3.32. The van der Waals surface area contributed by atoms with Crippen LogP contribution in [0.2, 0.25) is 0 Å². The lowest BCUT2D eigenvalue weighted by molar-refractivity contribution is 0.572. The number of nitrogen functional groups attached to an aromatic ring is 1. The van der Waals surface area contributed by atoms with Crippen LogP contribution < -0.4 is 10.5 Å². The van der Waals surface area contributed by atoms with Crippen molar-refractivity contribution in [3.05, 3.63) is 23.3 Å². The first-order valence-corrected chi connectivity index (χ1v) is 10.1. The van der Waals surface area contributed by atoms with Gasteiger partial charge in [0.1, 0.15) is 0 Å². The van der Waals surface area contributed by atoms with E-state index in [1.165, 1.54) is 12.2 Å². The van der Waals surface area contributed by atoms with Crippen LogP contribution in [0, 0.1) is 13.8 Å². The number of unbranched alkanes of at least 4 members (excludes halogenated alkanes) is 3. The molecule has 1 aromatic rings. The van der Waals surface area contributed by atoms with E-state index in [4.69, 9.17) is 5.73 Å². The van der Waals surface area contributed by atoms with Crippen LogP contribution in [-0.2, 0) is 10.0 Å². The van der Waals surface area contributed by atoms with E-state index in [1.807, 2.05) is 11.8 Å². The molecule has 1 rings (SSSR count). The molecule has 0 atom stereocenters. The lowest BCUT2D eigenvalue weighted by Gasteiger charge is -2.13. The zero-order valence-electron chi connectivity index (χ0n) is 13.1. The summed E-state index contributed by atoms with van der Waals surface area (Å²) in [7, 11) is -3.45. The molecule has 0 aliphatic heterocycles. The molecule has 4 nitrogen and oxygen atoms in total. The molecule has 120 valence electrons. The second kappa shape index (κ2) is 8.66. The number of hydrogen-bond donors (Lipinski definition) is 2. The van der Waals surface area contributed by atoms with Crippen molar-refractivity contribution in [1.82, 2.24) is 4.72 Å². The highest BCUT2D eigenvalue weighted by atomic mass is 32.2. The van der Waals surface area contributed by atoms with Crippen LogP contribution in [0.1, 0.15) is 36.8 Å². The minimum Gasteiger partial charge on any atom is -0.399 e. The van der Waals surface area contributed by atoms with Crippen LogP contribution in [0.4, 0.5) is 5.69 Å². The van der Waals surface area contributed by atoms with Crippen molar-refractivity contribution in [2.24, 2.45) is 0 Å². The van der Waals surface area contributed by atoms with Gasteiger partial charge in [0.15, 0.2) is 0 Å². The van der Waals surface area contributed by atoms with Crippen molar-refractivity contribution in [1.29, 1.82) is 0 Å². The van der Waals surface area contributed by atoms with Crippen LogP contribution in [-0.4, -0.2) is 27.0 Å². The Balaban J connectivity index is 2.55. The molecule has 21 heavy (non-hydrogen) atoms. The van der Waals surface area contributed by atoms with Crippen molar-refractivity contribution in [3.63, 3.8) is 0 Å². The van der Waals surface area contributed by atoms with Crippen LogP contribution in [0.15, 0.2) is 17.0 Å². The third-order valence-corrected chi connectivity index (χ3v) is 5.78. The Bertz CT molecular complexity index is 534. The number of thioether (sulfide) groups is 1. The summed E-state index contributed by atoms with van der Waals surface area (Å²) in [6, 6.07) is 3.40. The van der Waals surface area contributed by atoms with Gasteiger partial charge < -0.3 is 5.73 Å². The van der Waals surface area contributed by atoms with E-state index in [9.17, 15) is 8.42 Å². The number of sulfonamides is 1. The number of aryl methyl sites for hydroxylation is 2. The Morgan fingerprint density at radius 2 is 1.67 bits per heavy atom. The van der Waals surface area contributed by atoms with Gasteiger partial charge in [-0.1, -0.05) is 12.8 Å². The number of nitrogens with one attached hydrogen (secondary N) is 1. The van der Waals surface area contributed by atoms with Crippen molar-refractivity contribution in [2.75, 3.05) is 24.3 Å². The Kier molecular flexibility index (Phi) is 7.56. The van der Waals surface area contributed by atoms with Gasteiger partial charge >= 0.3 is 0 Å². The normalized spacial score (nSPS) is 11.8. The molecular formula is C15H26N2O2S2. The van der Waals surface area contributed by atoms with E-state index in [0.29, 0.717) is 28.3 Å². The van der Waals surface area contributed by atoms with Gasteiger partial charge in [0, 0.05) is 12.2 Å². The Hall–Kier alpha value is -0.720. The van der Waals surface area contributed by atoms with Crippen LogP contribution in [0.25, 0.3) is 0 Å². The summed E-state index contributed by atoms with van der Waals surface area (Å²) in [4.78, 5) is 0.360. The van der Waals surface area contributed by atoms with Gasteiger partial charge in [0.2, 0.25) is 10.0 Å². The Morgan fingerprint density at radius 3 is 2.24 bits per heavy atom. The summed E-state index contributed by atoms with van der Waals surface area (Å²) in [5.74, 6) is 1.18. The van der Waals surface area contributed by atoms with Gasteiger partial charge in [-0.15, -0.1) is 0 Å². The molecule has 0 saturated heterocycles. The highest BCUT2D eigenvalue weighted by Gasteiger charge is 2.19. The standard InChI is InChI=1S/C15H26N2O2S2/c1-12-10-14(16)11-13(2)15(12)21(18,19)17-8-6-4-5-7-9-20-3/h10-11,17H,4-9,16H2,1-3H3. The summed E-state index contributed by atoms with van der Waals surface area (Å²) in [5, 5.41) is 0. The molecule has 0 radical (unpaired) electrons. The fourth-order valence-corrected chi connectivity index (χ4v) is 4.43. The van der Waals surface area contributed by atoms with Gasteiger partial charge in [0.25, 0.3) is 0 Å². The van der Waals surface area contributed by atoms with Gasteiger partial charge in [-0.25, -0.2) is 13.1 Å². The summed E-state index contributed by atoms with van der Waals surface area (Å²) in [5.41, 5.74) is 7.72. The maximum atomic E-state index is 12.4. The molecular weight excluding hydrogens is 304 g/mol. The summed E-state index contributed by atoms with van der Waals surface area (Å²) in [6.45, 7) is 4.05. The SMILES string of the molecule is CSCCCCCCNS(=O)(=O)c1c(C)cc(N)cc1C. The predicted molar refractivity (Wildman–Crippen MR) is 92.4 cm³/mol. The first-order valence-electron chi connectivity index (χ1n) is 7.24. The lowest BCUT2D eigenvalue weighted by Crippen LogP contribution is -2.26. The zero-order valence-corrected chi connectivity index (χ0v) is 14.7. The van der Waals surface area contributed by atoms with E-state index in [0.717, 1.165) is 19.3 Å². The van der Waals surface area contributed by atoms with Gasteiger partial charge in [0.05, 0.1) is 4.90 Å². The third kappa shape index (κ3) is 5.88. The highest BCUT2D eigenvalue weighted by Crippen LogP contribution is 2.22. The van der Waals surface area contributed by atoms with Gasteiger partial charge in [-0.2, -0.15) is 11.8 Å². The minimum absolute atomic E-state index is 0.360. The fraction of sp³-hybridized carbons (Fsp3) is 0.600. The number of benzene rings is 1. The molecule has 0 heterocycles. The number of nitrogens with two attached hydrogens (primary N) is 1. The Morgan fingerprint density at radius 1 is 1.10 bits per heavy atom. The molecule has 6 heteroatoms. The summed E-state index contributed by atoms with van der Waals surface area (Å²) in [6.07, 6.45) is 6.39. The quantitative estimate of drug-likeness (QED) is 0.539. The fourth-order valence-electron chi connectivity index (χ4n) is 2.41. The first-order chi connectivity index (χ1) is 9.88. The highest BCUT2D eigenvalue weighted by molar-refractivity contribution is 7.98. The number of anilines is 1. The number of hydrogen-bond acceptors (Lipinski definition) is 4. The van der Waals surface area contributed by atoms with E-state index in [1.54, 1.807) is 26.0 Å². The molecule has 0 aliphatic carbocycles. The monoisotopic (exact) mass is 330 g/mol. The molecule has 0 aliphatic rings. The maximum absolute atomic E-state index is 12.4.